The minimum atomic E-state index is -0.258. The molecule has 6 heteroatoms. The third-order valence-electron chi connectivity index (χ3n) is 5.49. The molecule has 0 fully saturated rings. The van der Waals surface area contributed by atoms with E-state index in [1.807, 2.05) is 53.3 Å². The summed E-state index contributed by atoms with van der Waals surface area (Å²) in [4.78, 5) is 12.5. The van der Waals surface area contributed by atoms with Crippen LogP contribution >= 0.6 is 0 Å². The molecule has 1 aliphatic heterocycles. The van der Waals surface area contributed by atoms with Crippen LogP contribution in [0.2, 0.25) is 0 Å². The number of aryl methyl sites for hydroxylation is 1. The van der Waals surface area contributed by atoms with E-state index in [1.54, 1.807) is 11.3 Å². The van der Waals surface area contributed by atoms with Gasteiger partial charge in [0, 0.05) is 30.7 Å². The maximum absolute atomic E-state index is 12.5. The number of benzene rings is 2. The number of hydrogen-bond donors (Lipinski definition) is 0. The summed E-state index contributed by atoms with van der Waals surface area (Å²) in [6.07, 6.45) is 4.19. The van der Waals surface area contributed by atoms with Gasteiger partial charge in [0.2, 0.25) is 5.91 Å². The normalized spacial score (nSPS) is 15.9. The summed E-state index contributed by atoms with van der Waals surface area (Å²) in [6, 6.07) is 21.7. The molecule has 154 valence electrons. The summed E-state index contributed by atoms with van der Waals surface area (Å²) < 4.78 is 7.41. The topological polar surface area (TPSA) is 63.6 Å². The van der Waals surface area contributed by atoms with Crippen LogP contribution in [0.5, 0.6) is 0 Å². The molecule has 0 aliphatic carbocycles. The van der Waals surface area contributed by atoms with Crippen molar-refractivity contribution in [2.24, 2.45) is 5.10 Å². The standard InChI is InChI=1S/C25H22N4O2/c1-17-10-12-19(13-11-17)25-21(16-28(27-25)20-7-4-3-5-8-20)23-15-22(24-9-6-14-31-24)26-29(23)18(2)30/h3-14,16,23H,15H2,1-2H3/t23-/m1/s1. The second-order valence-corrected chi connectivity index (χ2v) is 7.69. The first kappa shape index (κ1) is 19.1. The number of para-hydroxylation sites is 1. The predicted molar refractivity (Wildman–Crippen MR) is 119 cm³/mol. The largest absolute Gasteiger partial charge is 0.463 e. The highest BCUT2D eigenvalue weighted by Crippen LogP contribution is 2.38. The van der Waals surface area contributed by atoms with Crippen molar-refractivity contribution in [1.82, 2.24) is 14.8 Å². The highest BCUT2D eigenvalue weighted by molar-refractivity contribution is 6.01. The van der Waals surface area contributed by atoms with Gasteiger partial charge in [-0.05, 0) is 31.2 Å². The lowest BCUT2D eigenvalue weighted by Crippen LogP contribution is -2.24. The van der Waals surface area contributed by atoms with Crippen molar-refractivity contribution in [3.05, 3.63) is 96.1 Å². The summed E-state index contributed by atoms with van der Waals surface area (Å²) in [5.41, 5.74) is 5.70. The first-order chi connectivity index (χ1) is 15.1. The lowest BCUT2D eigenvalue weighted by molar-refractivity contribution is -0.130. The summed E-state index contributed by atoms with van der Waals surface area (Å²) in [7, 11) is 0. The Bertz CT molecular complexity index is 1240. The zero-order valence-electron chi connectivity index (χ0n) is 17.4. The van der Waals surface area contributed by atoms with Crippen molar-refractivity contribution in [3.8, 4) is 16.9 Å². The molecule has 1 amide bonds. The zero-order chi connectivity index (χ0) is 21.4. The summed E-state index contributed by atoms with van der Waals surface area (Å²) in [5.74, 6) is 0.565. The Morgan fingerprint density at radius 2 is 1.81 bits per heavy atom. The molecule has 1 aliphatic rings. The SMILES string of the molecule is CC(=O)N1N=C(c2ccco2)C[C@@H]1c1cn(-c2ccccc2)nc1-c1ccc(C)cc1. The molecular weight excluding hydrogens is 388 g/mol. The number of aromatic nitrogens is 2. The van der Waals surface area contributed by atoms with Gasteiger partial charge in [-0.2, -0.15) is 10.2 Å². The number of carbonyl (C=O) groups is 1. The van der Waals surface area contributed by atoms with E-state index in [1.165, 1.54) is 12.5 Å². The fourth-order valence-corrected chi connectivity index (χ4v) is 3.91. The van der Waals surface area contributed by atoms with Gasteiger partial charge in [-0.25, -0.2) is 9.69 Å². The molecule has 0 N–H and O–H groups in total. The molecule has 6 nitrogen and oxygen atoms in total. The summed E-state index contributed by atoms with van der Waals surface area (Å²) in [5, 5.41) is 11.0. The number of furan rings is 1. The van der Waals surface area contributed by atoms with E-state index in [4.69, 9.17) is 9.52 Å². The number of hydrogen-bond acceptors (Lipinski definition) is 4. The average molecular weight is 410 g/mol. The van der Waals surface area contributed by atoms with Crippen LogP contribution < -0.4 is 0 Å². The Morgan fingerprint density at radius 3 is 2.48 bits per heavy atom. The molecule has 0 spiro atoms. The van der Waals surface area contributed by atoms with Crippen molar-refractivity contribution in [2.45, 2.75) is 26.3 Å². The second-order valence-electron chi connectivity index (χ2n) is 7.69. The molecule has 2 aromatic heterocycles. The van der Waals surface area contributed by atoms with Crippen LogP contribution in [0.25, 0.3) is 16.9 Å². The van der Waals surface area contributed by atoms with E-state index in [0.29, 0.717) is 12.2 Å². The van der Waals surface area contributed by atoms with Gasteiger partial charge in [0.25, 0.3) is 0 Å². The lowest BCUT2D eigenvalue weighted by Gasteiger charge is -2.20. The van der Waals surface area contributed by atoms with Crippen LogP contribution in [0.4, 0.5) is 0 Å². The van der Waals surface area contributed by atoms with E-state index in [-0.39, 0.29) is 11.9 Å². The molecule has 0 radical (unpaired) electrons. The van der Waals surface area contributed by atoms with Crippen molar-refractivity contribution in [2.75, 3.05) is 0 Å². The molecule has 1 atom stereocenters. The lowest BCUT2D eigenvalue weighted by atomic mass is 9.97. The smallest absolute Gasteiger partial charge is 0.240 e. The van der Waals surface area contributed by atoms with Crippen LogP contribution in [-0.2, 0) is 4.79 Å². The Labute approximate surface area is 180 Å². The summed E-state index contributed by atoms with van der Waals surface area (Å²) >= 11 is 0. The van der Waals surface area contributed by atoms with Crippen LogP contribution in [0.3, 0.4) is 0 Å². The molecule has 0 saturated carbocycles. The van der Waals surface area contributed by atoms with Crippen LogP contribution in [0.1, 0.15) is 36.3 Å². The predicted octanol–water partition coefficient (Wildman–Crippen LogP) is 5.14. The van der Waals surface area contributed by atoms with Crippen molar-refractivity contribution < 1.29 is 9.21 Å². The molecule has 4 aromatic rings. The van der Waals surface area contributed by atoms with Crippen molar-refractivity contribution in [1.29, 1.82) is 0 Å². The molecule has 0 saturated heterocycles. The highest BCUT2D eigenvalue weighted by atomic mass is 16.3. The third-order valence-corrected chi connectivity index (χ3v) is 5.49. The number of nitrogens with zero attached hydrogens (tertiary/aromatic N) is 4. The quantitative estimate of drug-likeness (QED) is 0.468. The molecule has 2 aromatic carbocycles. The number of amides is 1. The van der Waals surface area contributed by atoms with E-state index >= 15 is 0 Å². The van der Waals surface area contributed by atoms with Gasteiger partial charge >= 0.3 is 0 Å². The van der Waals surface area contributed by atoms with Gasteiger partial charge < -0.3 is 4.42 Å². The number of rotatable bonds is 4. The molecule has 3 heterocycles. The van der Waals surface area contributed by atoms with Gasteiger partial charge in [0.05, 0.1) is 23.7 Å². The van der Waals surface area contributed by atoms with Crippen molar-refractivity contribution >= 4 is 11.6 Å². The highest BCUT2D eigenvalue weighted by Gasteiger charge is 2.35. The number of carbonyl (C=O) groups excluding carboxylic acids is 1. The summed E-state index contributed by atoms with van der Waals surface area (Å²) in [6.45, 7) is 3.60. The fourth-order valence-electron chi connectivity index (χ4n) is 3.91. The van der Waals surface area contributed by atoms with E-state index in [0.717, 1.165) is 28.2 Å². The Morgan fingerprint density at radius 1 is 1.03 bits per heavy atom. The van der Waals surface area contributed by atoms with Gasteiger partial charge in [0.15, 0.2) is 0 Å². The number of hydrazone groups is 1. The first-order valence-electron chi connectivity index (χ1n) is 10.2. The molecule has 0 unspecified atom stereocenters. The minimum absolute atomic E-state index is 0.117. The maximum atomic E-state index is 12.5. The van der Waals surface area contributed by atoms with Crippen LogP contribution in [0.15, 0.2) is 88.7 Å². The van der Waals surface area contributed by atoms with E-state index in [9.17, 15) is 4.79 Å². The zero-order valence-corrected chi connectivity index (χ0v) is 17.4. The van der Waals surface area contributed by atoms with Crippen LogP contribution in [-0.4, -0.2) is 26.4 Å². The third kappa shape index (κ3) is 3.57. The van der Waals surface area contributed by atoms with E-state index < -0.39 is 0 Å². The van der Waals surface area contributed by atoms with Gasteiger partial charge in [-0.1, -0.05) is 48.0 Å². The van der Waals surface area contributed by atoms with Crippen LogP contribution in [0, 0.1) is 6.92 Å². The Hall–Kier alpha value is -3.93. The second kappa shape index (κ2) is 7.72. The van der Waals surface area contributed by atoms with Gasteiger partial charge in [-0.3, -0.25) is 4.79 Å². The molecule has 31 heavy (non-hydrogen) atoms. The van der Waals surface area contributed by atoms with E-state index in [2.05, 4.69) is 36.3 Å². The van der Waals surface area contributed by atoms with Gasteiger partial charge in [-0.15, -0.1) is 0 Å². The van der Waals surface area contributed by atoms with Gasteiger partial charge in [0.1, 0.15) is 11.5 Å². The monoisotopic (exact) mass is 410 g/mol. The molecule has 5 rings (SSSR count). The molecule has 0 bridgehead atoms. The molecular formula is C25H22N4O2. The Balaban J connectivity index is 1.62. The van der Waals surface area contributed by atoms with Crippen molar-refractivity contribution in [3.63, 3.8) is 0 Å². The first-order valence-corrected chi connectivity index (χ1v) is 10.2. The maximum Gasteiger partial charge on any atom is 0.240 e. The Kier molecular flexibility index (Phi) is 4.75. The average Bonchev–Trinajstić information content (AvgIpc) is 3.53. The fraction of sp³-hybridized carbons (Fsp3) is 0.160. The minimum Gasteiger partial charge on any atom is -0.463 e.